The van der Waals surface area contributed by atoms with Crippen LogP contribution in [0, 0.1) is 5.41 Å². The van der Waals surface area contributed by atoms with E-state index in [1.54, 1.807) is 39.4 Å². The number of hydrogen-bond donors (Lipinski definition) is 2. The summed E-state index contributed by atoms with van der Waals surface area (Å²) in [5.41, 5.74) is 8.53. The summed E-state index contributed by atoms with van der Waals surface area (Å²) in [7, 11) is 1.69. The van der Waals surface area contributed by atoms with Gasteiger partial charge in [-0.2, -0.15) is 0 Å². The van der Waals surface area contributed by atoms with Crippen LogP contribution < -0.4 is 20.9 Å². The molecule has 1 aliphatic heterocycles. The van der Waals surface area contributed by atoms with Crippen molar-refractivity contribution >= 4 is 40.1 Å². The first-order valence-corrected chi connectivity index (χ1v) is 14.8. The Hall–Kier alpha value is -3.18. The lowest BCUT2D eigenvalue weighted by atomic mass is 9.73. The summed E-state index contributed by atoms with van der Waals surface area (Å²) in [4.78, 5) is 29.8. The fourth-order valence-electron chi connectivity index (χ4n) is 6.07. The van der Waals surface area contributed by atoms with Crippen molar-refractivity contribution in [3.63, 3.8) is 0 Å². The van der Waals surface area contributed by atoms with Crippen LogP contribution in [-0.4, -0.2) is 50.4 Å². The number of aromatic nitrogens is 4. The molecule has 9 nitrogen and oxygen atoms in total. The lowest BCUT2D eigenvalue weighted by Gasteiger charge is -2.42. The van der Waals surface area contributed by atoms with Gasteiger partial charge in [0.1, 0.15) is 16.6 Å². The first-order chi connectivity index (χ1) is 19.6. The normalized spacial score (nSPS) is 18.2. The SMILES string of the molecule is COc1ccc2c(c1)[C@@H](N)C1(CCN(c3cnc(Sc4ccc5ncn(CC(C)(C)O)c(=O)c5c4Cl)cn3)CC1)C2. The molecule has 2 aromatic heterocycles. The summed E-state index contributed by atoms with van der Waals surface area (Å²) in [6.45, 7) is 5.12. The van der Waals surface area contributed by atoms with Crippen molar-refractivity contribution in [1.29, 1.82) is 0 Å². The maximum atomic E-state index is 13.1. The van der Waals surface area contributed by atoms with Gasteiger partial charge in [0.2, 0.25) is 0 Å². The zero-order valence-electron chi connectivity index (χ0n) is 23.3. The van der Waals surface area contributed by atoms with Crippen LogP contribution in [0.1, 0.15) is 43.9 Å². The van der Waals surface area contributed by atoms with Crippen LogP contribution in [0.4, 0.5) is 5.82 Å². The number of nitrogens with zero attached hydrogens (tertiary/aromatic N) is 5. The minimum absolute atomic E-state index is 0.000701. The van der Waals surface area contributed by atoms with E-state index in [0.29, 0.717) is 25.8 Å². The number of ether oxygens (including phenoxy) is 1. The van der Waals surface area contributed by atoms with Gasteiger partial charge in [-0.1, -0.05) is 29.4 Å². The molecule has 214 valence electrons. The van der Waals surface area contributed by atoms with E-state index in [9.17, 15) is 9.90 Å². The molecule has 1 saturated heterocycles. The zero-order chi connectivity index (χ0) is 28.9. The Labute approximate surface area is 247 Å². The fourth-order valence-corrected chi connectivity index (χ4v) is 7.19. The monoisotopic (exact) mass is 592 g/mol. The highest BCUT2D eigenvalue weighted by atomic mass is 35.5. The van der Waals surface area contributed by atoms with Crippen molar-refractivity contribution in [2.45, 2.75) is 61.2 Å². The van der Waals surface area contributed by atoms with E-state index >= 15 is 0 Å². The number of anilines is 1. The first kappa shape index (κ1) is 28.0. The molecular formula is C30H33ClN6O3S. The van der Waals surface area contributed by atoms with E-state index in [1.807, 2.05) is 12.1 Å². The number of aliphatic hydroxyl groups is 1. The molecule has 1 fully saturated rings. The highest BCUT2D eigenvalue weighted by Crippen LogP contribution is 2.51. The van der Waals surface area contributed by atoms with Crippen molar-refractivity contribution in [1.82, 2.24) is 19.5 Å². The highest BCUT2D eigenvalue weighted by molar-refractivity contribution is 7.99. The third-order valence-electron chi connectivity index (χ3n) is 8.26. The predicted octanol–water partition coefficient (Wildman–Crippen LogP) is 4.61. The topological polar surface area (TPSA) is 119 Å². The molecule has 1 atom stereocenters. The van der Waals surface area contributed by atoms with Crippen LogP contribution in [0.15, 0.2) is 63.8 Å². The van der Waals surface area contributed by atoms with Gasteiger partial charge in [0.25, 0.3) is 5.56 Å². The van der Waals surface area contributed by atoms with E-state index in [0.717, 1.165) is 43.9 Å². The van der Waals surface area contributed by atoms with Gasteiger partial charge in [0, 0.05) is 24.0 Å². The second kappa shape index (κ2) is 10.6. The van der Waals surface area contributed by atoms with Gasteiger partial charge in [-0.25, -0.2) is 15.0 Å². The number of fused-ring (bicyclic) bond motifs is 2. The van der Waals surface area contributed by atoms with Crippen LogP contribution in [-0.2, 0) is 13.0 Å². The molecule has 0 unspecified atom stereocenters. The molecule has 2 aromatic carbocycles. The van der Waals surface area contributed by atoms with E-state index in [4.69, 9.17) is 27.1 Å². The maximum absolute atomic E-state index is 13.1. The average Bonchev–Trinajstić information content (AvgIpc) is 3.22. The quantitative estimate of drug-likeness (QED) is 0.331. The second-order valence-electron chi connectivity index (χ2n) is 11.6. The lowest BCUT2D eigenvalue weighted by Crippen LogP contribution is -2.44. The molecule has 3 heterocycles. The molecule has 41 heavy (non-hydrogen) atoms. The van der Waals surface area contributed by atoms with Crippen LogP contribution in [0.2, 0.25) is 5.02 Å². The molecule has 0 amide bonds. The molecule has 6 rings (SSSR count). The number of rotatable bonds is 6. The molecule has 11 heteroatoms. The van der Waals surface area contributed by atoms with E-state index in [2.05, 4.69) is 27.0 Å². The van der Waals surface area contributed by atoms with Crippen molar-refractivity contribution < 1.29 is 9.84 Å². The van der Waals surface area contributed by atoms with Gasteiger partial charge in [0.05, 0.1) is 53.9 Å². The van der Waals surface area contributed by atoms with Gasteiger partial charge in [-0.15, -0.1) is 0 Å². The molecular weight excluding hydrogens is 560 g/mol. The molecule has 3 N–H and O–H groups in total. The van der Waals surface area contributed by atoms with Crippen LogP contribution in [0.5, 0.6) is 5.75 Å². The Morgan fingerprint density at radius 2 is 1.95 bits per heavy atom. The van der Waals surface area contributed by atoms with Crippen molar-refractivity contribution in [3.05, 3.63) is 75.6 Å². The second-order valence-corrected chi connectivity index (χ2v) is 13.1. The molecule has 2 aliphatic rings. The predicted molar refractivity (Wildman–Crippen MR) is 161 cm³/mol. The summed E-state index contributed by atoms with van der Waals surface area (Å²) < 4.78 is 6.81. The van der Waals surface area contributed by atoms with Crippen molar-refractivity contribution in [2.75, 3.05) is 25.1 Å². The average molecular weight is 593 g/mol. The van der Waals surface area contributed by atoms with Gasteiger partial charge < -0.3 is 20.5 Å². The summed E-state index contributed by atoms with van der Waals surface area (Å²) >= 11 is 8.05. The van der Waals surface area contributed by atoms with Gasteiger partial charge in [0.15, 0.2) is 0 Å². The Balaban J connectivity index is 1.15. The van der Waals surface area contributed by atoms with Gasteiger partial charge in [-0.05, 0) is 73.9 Å². The summed E-state index contributed by atoms with van der Waals surface area (Å²) in [5, 5.41) is 11.5. The van der Waals surface area contributed by atoms with Crippen molar-refractivity contribution in [3.8, 4) is 5.75 Å². The number of halogens is 1. The lowest BCUT2D eigenvalue weighted by molar-refractivity contribution is 0.0603. The number of hydrogen-bond acceptors (Lipinski definition) is 9. The van der Waals surface area contributed by atoms with E-state index in [1.165, 1.54) is 33.8 Å². The van der Waals surface area contributed by atoms with Crippen LogP contribution in [0.3, 0.4) is 0 Å². The minimum Gasteiger partial charge on any atom is -0.497 e. The minimum atomic E-state index is -1.06. The van der Waals surface area contributed by atoms with E-state index < -0.39 is 5.60 Å². The standard InChI is InChI=1S/C30H33ClN6O3S/c1-29(2,39)16-37-17-35-21-6-7-22(26(31)25(21)28(37)38)41-24-15-33-23(14-34-24)36-10-8-30(9-11-36)13-18-4-5-19(40-3)12-20(18)27(30)32/h4-7,12,14-15,17,27,39H,8-11,13,16,32H2,1-3H3/t27-/m1/s1. The molecule has 1 aliphatic carbocycles. The molecule has 0 bridgehead atoms. The van der Waals surface area contributed by atoms with Gasteiger partial charge >= 0.3 is 0 Å². The number of benzene rings is 2. The highest BCUT2D eigenvalue weighted by Gasteiger charge is 2.46. The third kappa shape index (κ3) is 5.30. The summed E-state index contributed by atoms with van der Waals surface area (Å²) in [6, 6.07) is 9.87. The zero-order valence-corrected chi connectivity index (χ0v) is 24.9. The Kier molecular flexibility index (Phi) is 7.22. The Bertz CT molecular complexity index is 1660. The first-order valence-electron chi connectivity index (χ1n) is 13.6. The molecule has 4 aromatic rings. The Morgan fingerprint density at radius 1 is 1.17 bits per heavy atom. The number of methoxy groups -OCH3 is 1. The summed E-state index contributed by atoms with van der Waals surface area (Å²) in [6.07, 6.45) is 7.93. The number of nitrogens with two attached hydrogens (primary N) is 1. The fraction of sp³-hybridized carbons (Fsp3) is 0.400. The van der Waals surface area contributed by atoms with Gasteiger partial charge in [-0.3, -0.25) is 9.36 Å². The third-order valence-corrected chi connectivity index (χ3v) is 9.74. The smallest absolute Gasteiger partial charge is 0.262 e. The molecule has 1 spiro atoms. The van der Waals surface area contributed by atoms with Crippen LogP contribution >= 0.6 is 23.4 Å². The summed E-state index contributed by atoms with van der Waals surface area (Å²) in [5.74, 6) is 1.68. The van der Waals surface area contributed by atoms with Crippen LogP contribution in [0.25, 0.3) is 10.9 Å². The largest absolute Gasteiger partial charge is 0.497 e. The van der Waals surface area contributed by atoms with E-state index in [-0.39, 0.29) is 23.6 Å². The molecule has 0 radical (unpaired) electrons. The molecule has 0 saturated carbocycles. The van der Waals surface area contributed by atoms with Crippen molar-refractivity contribution in [2.24, 2.45) is 11.1 Å². The number of piperidine rings is 1. The maximum Gasteiger partial charge on any atom is 0.262 e. The Morgan fingerprint density at radius 3 is 2.63 bits per heavy atom.